The number of aryl methyl sites for hydroxylation is 1. The minimum Gasteiger partial charge on any atom is -0.480 e. The van der Waals surface area contributed by atoms with E-state index in [2.05, 4.69) is 5.32 Å². The highest BCUT2D eigenvalue weighted by Gasteiger charge is 2.21. The Balaban J connectivity index is 2.68. The Morgan fingerprint density at radius 2 is 1.84 bits per heavy atom. The van der Waals surface area contributed by atoms with Crippen molar-refractivity contribution >= 4 is 17.8 Å². The number of primary amides is 1. The normalized spacial score (nSPS) is 11.6. The SMILES string of the molecule is Cc1ccc(C(=O)NC(CCC(N)=O)C(=O)O)cc1. The van der Waals surface area contributed by atoms with Gasteiger partial charge in [0.05, 0.1) is 0 Å². The third-order valence-corrected chi connectivity index (χ3v) is 2.60. The maximum Gasteiger partial charge on any atom is 0.326 e. The molecule has 0 aliphatic rings. The summed E-state index contributed by atoms with van der Waals surface area (Å²) in [5.74, 6) is -2.28. The predicted octanol–water partition coefficient (Wildman–Crippen LogP) is 0.444. The zero-order valence-electron chi connectivity index (χ0n) is 10.6. The largest absolute Gasteiger partial charge is 0.480 e. The van der Waals surface area contributed by atoms with E-state index in [-0.39, 0.29) is 12.8 Å². The average Bonchev–Trinajstić information content (AvgIpc) is 2.34. The molecule has 1 atom stereocenters. The van der Waals surface area contributed by atoms with Gasteiger partial charge in [0.15, 0.2) is 0 Å². The van der Waals surface area contributed by atoms with Gasteiger partial charge in [0.2, 0.25) is 5.91 Å². The summed E-state index contributed by atoms with van der Waals surface area (Å²) in [6, 6.07) is 5.61. The predicted molar refractivity (Wildman–Crippen MR) is 68.5 cm³/mol. The summed E-state index contributed by atoms with van der Waals surface area (Å²) in [4.78, 5) is 33.4. The molecule has 1 aromatic rings. The number of hydrogen-bond donors (Lipinski definition) is 3. The number of benzene rings is 1. The maximum atomic E-state index is 11.8. The van der Waals surface area contributed by atoms with Crippen molar-refractivity contribution in [3.63, 3.8) is 0 Å². The first-order valence-corrected chi connectivity index (χ1v) is 5.79. The molecule has 0 aliphatic heterocycles. The Morgan fingerprint density at radius 1 is 1.26 bits per heavy atom. The molecule has 0 fully saturated rings. The Labute approximate surface area is 110 Å². The fourth-order valence-electron chi connectivity index (χ4n) is 1.49. The summed E-state index contributed by atoms with van der Waals surface area (Å²) in [5, 5.41) is 11.3. The minimum atomic E-state index is -1.19. The van der Waals surface area contributed by atoms with Gasteiger partial charge in [-0.15, -0.1) is 0 Å². The van der Waals surface area contributed by atoms with Crippen LogP contribution in [0.15, 0.2) is 24.3 Å². The van der Waals surface area contributed by atoms with E-state index in [9.17, 15) is 14.4 Å². The van der Waals surface area contributed by atoms with Crippen LogP contribution in [-0.2, 0) is 9.59 Å². The molecule has 1 unspecified atom stereocenters. The van der Waals surface area contributed by atoms with Crippen LogP contribution in [0.25, 0.3) is 0 Å². The monoisotopic (exact) mass is 264 g/mol. The molecule has 4 N–H and O–H groups in total. The zero-order chi connectivity index (χ0) is 14.4. The van der Waals surface area contributed by atoms with Crippen LogP contribution in [0.3, 0.4) is 0 Å². The van der Waals surface area contributed by atoms with Gasteiger partial charge in [-0.3, -0.25) is 9.59 Å². The quantitative estimate of drug-likeness (QED) is 0.692. The summed E-state index contributed by atoms with van der Waals surface area (Å²) in [6.07, 6.45) is -0.118. The van der Waals surface area contributed by atoms with Gasteiger partial charge in [-0.1, -0.05) is 17.7 Å². The van der Waals surface area contributed by atoms with E-state index in [1.165, 1.54) is 0 Å². The molecule has 1 rings (SSSR count). The van der Waals surface area contributed by atoms with Crippen molar-refractivity contribution in [1.82, 2.24) is 5.32 Å². The van der Waals surface area contributed by atoms with E-state index < -0.39 is 23.8 Å². The van der Waals surface area contributed by atoms with Crippen LogP contribution in [-0.4, -0.2) is 28.9 Å². The summed E-state index contributed by atoms with van der Waals surface area (Å²) in [7, 11) is 0. The molecular formula is C13H16N2O4. The number of rotatable bonds is 6. The number of amides is 2. The van der Waals surface area contributed by atoms with Crippen LogP contribution in [0.1, 0.15) is 28.8 Å². The van der Waals surface area contributed by atoms with Crippen LogP contribution >= 0.6 is 0 Å². The molecule has 0 bridgehead atoms. The molecule has 0 heterocycles. The third-order valence-electron chi connectivity index (χ3n) is 2.60. The van der Waals surface area contributed by atoms with Crippen LogP contribution < -0.4 is 11.1 Å². The van der Waals surface area contributed by atoms with E-state index in [1.807, 2.05) is 6.92 Å². The van der Waals surface area contributed by atoms with Crippen LogP contribution in [0.2, 0.25) is 0 Å². The van der Waals surface area contributed by atoms with Gasteiger partial charge in [-0.05, 0) is 25.5 Å². The van der Waals surface area contributed by atoms with Crippen molar-refractivity contribution in [2.24, 2.45) is 5.73 Å². The fourth-order valence-corrected chi connectivity index (χ4v) is 1.49. The first kappa shape index (κ1) is 14.7. The first-order valence-electron chi connectivity index (χ1n) is 5.79. The van der Waals surface area contributed by atoms with Crippen molar-refractivity contribution in [3.05, 3.63) is 35.4 Å². The third kappa shape index (κ3) is 4.79. The van der Waals surface area contributed by atoms with Crippen molar-refractivity contribution in [2.75, 3.05) is 0 Å². The zero-order valence-corrected chi connectivity index (χ0v) is 10.6. The standard InChI is InChI=1S/C13H16N2O4/c1-8-2-4-9(5-3-8)12(17)15-10(13(18)19)6-7-11(14)16/h2-5,10H,6-7H2,1H3,(H2,14,16)(H,15,17)(H,18,19). The summed E-state index contributed by atoms with van der Waals surface area (Å²) in [5.41, 5.74) is 6.33. The number of carbonyl (C=O) groups excluding carboxylic acids is 2. The summed E-state index contributed by atoms with van der Waals surface area (Å²) in [6.45, 7) is 1.88. The number of aliphatic carboxylic acids is 1. The topological polar surface area (TPSA) is 109 Å². The lowest BCUT2D eigenvalue weighted by molar-refractivity contribution is -0.139. The molecule has 0 aromatic heterocycles. The average molecular weight is 264 g/mol. The molecule has 0 radical (unpaired) electrons. The lowest BCUT2D eigenvalue weighted by atomic mass is 10.1. The van der Waals surface area contributed by atoms with E-state index >= 15 is 0 Å². The van der Waals surface area contributed by atoms with Gasteiger partial charge >= 0.3 is 5.97 Å². The Kier molecular flexibility index (Phi) is 5.05. The van der Waals surface area contributed by atoms with E-state index in [0.717, 1.165) is 5.56 Å². The Bertz CT molecular complexity index is 482. The molecule has 102 valence electrons. The van der Waals surface area contributed by atoms with Crippen LogP contribution in [0, 0.1) is 6.92 Å². The second-order valence-electron chi connectivity index (χ2n) is 4.24. The maximum absolute atomic E-state index is 11.8. The molecular weight excluding hydrogens is 248 g/mol. The number of carboxylic acids is 1. The molecule has 6 heteroatoms. The number of nitrogens with one attached hydrogen (secondary N) is 1. The number of nitrogens with two attached hydrogens (primary N) is 1. The molecule has 2 amide bonds. The molecule has 0 spiro atoms. The van der Waals surface area contributed by atoms with Crippen molar-refractivity contribution < 1.29 is 19.5 Å². The molecule has 0 saturated heterocycles. The van der Waals surface area contributed by atoms with Crippen LogP contribution in [0.4, 0.5) is 0 Å². The molecule has 0 aliphatic carbocycles. The van der Waals surface area contributed by atoms with Crippen molar-refractivity contribution in [3.8, 4) is 0 Å². The van der Waals surface area contributed by atoms with E-state index in [1.54, 1.807) is 24.3 Å². The minimum absolute atomic E-state index is 0.0255. The highest BCUT2D eigenvalue weighted by Crippen LogP contribution is 2.05. The van der Waals surface area contributed by atoms with Gasteiger partial charge < -0.3 is 16.2 Å². The molecule has 19 heavy (non-hydrogen) atoms. The number of carboxylic acid groups (broad SMARTS) is 1. The van der Waals surface area contributed by atoms with E-state index in [0.29, 0.717) is 5.56 Å². The second-order valence-corrected chi connectivity index (χ2v) is 4.24. The fraction of sp³-hybridized carbons (Fsp3) is 0.308. The number of hydrogen-bond acceptors (Lipinski definition) is 3. The van der Waals surface area contributed by atoms with Gasteiger partial charge in [0.1, 0.15) is 6.04 Å². The Hall–Kier alpha value is -2.37. The molecule has 1 aromatic carbocycles. The van der Waals surface area contributed by atoms with E-state index in [4.69, 9.17) is 10.8 Å². The van der Waals surface area contributed by atoms with Crippen molar-refractivity contribution in [2.45, 2.75) is 25.8 Å². The van der Waals surface area contributed by atoms with Crippen molar-refractivity contribution in [1.29, 1.82) is 0 Å². The first-order chi connectivity index (χ1) is 8.90. The highest BCUT2D eigenvalue weighted by atomic mass is 16.4. The lowest BCUT2D eigenvalue weighted by Gasteiger charge is -2.13. The molecule has 6 nitrogen and oxygen atoms in total. The van der Waals surface area contributed by atoms with Gasteiger partial charge in [-0.2, -0.15) is 0 Å². The second kappa shape index (κ2) is 6.53. The van der Waals surface area contributed by atoms with Gasteiger partial charge in [0.25, 0.3) is 5.91 Å². The molecule has 0 saturated carbocycles. The smallest absolute Gasteiger partial charge is 0.326 e. The Morgan fingerprint density at radius 3 is 2.32 bits per heavy atom. The lowest BCUT2D eigenvalue weighted by Crippen LogP contribution is -2.41. The van der Waals surface area contributed by atoms with Gasteiger partial charge in [0, 0.05) is 12.0 Å². The summed E-state index contributed by atoms with van der Waals surface area (Å²) >= 11 is 0. The summed E-state index contributed by atoms with van der Waals surface area (Å²) < 4.78 is 0. The number of carbonyl (C=O) groups is 3. The van der Waals surface area contributed by atoms with Crippen LogP contribution in [0.5, 0.6) is 0 Å². The van der Waals surface area contributed by atoms with Gasteiger partial charge in [-0.25, -0.2) is 4.79 Å². The highest BCUT2D eigenvalue weighted by molar-refractivity contribution is 5.96.